The number of ether oxygens (including phenoxy) is 1. The molecule has 0 radical (unpaired) electrons. The van der Waals surface area contributed by atoms with E-state index in [1.54, 1.807) is 6.08 Å². The Labute approximate surface area is 474 Å². The van der Waals surface area contributed by atoms with Gasteiger partial charge in [0, 0.05) is 12.8 Å². The lowest BCUT2D eigenvalue weighted by atomic mass is 10.0. The Kier molecular flexibility index (Phi) is 63.9. The molecule has 0 bridgehead atoms. The second-order valence-corrected chi connectivity index (χ2v) is 23.5. The van der Waals surface area contributed by atoms with Crippen molar-refractivity contribution in [2.45, 2.75) is 386 Å². The second kappa shape index (κ2) is 65.6. The molecule has 0 spiro atoms. The quantitative estimate of drug-likeness (QED) is 0.0320. The lowest BCUT2D eigenvalue weighted by molar-refractivity contribution is -0.143. The van der Waals surface area contributed by atoms with Crippen LogP contribution in [0.25, 0.3) is 0 Å². The number of unbranched alkanes of at least 4 members (excludes halogenated alkanes) is 49. The minimum Gasteiger partial charge on any atom is -0.466 e. The highest BCUT2D eigenvalue weighted by Crippen LogP contribution is 2.18. The predicted molar refractivity (Wildman–Crippen MR) is 333 cm³/mol. The number of hydrogen-bond acceptors (Lipinski definition) is 5. The van der Waals surface area contributed by atoms with Crippen LogP contribution in [0.5, 0.6) is 0 Å². The highest BCUT2D eigenvalue weighted by molar-refractivity contribution is 5.76. The molecule has 0 aromatic heterocycles. The zero-order chi connectivity index (χ0) is 55.0. The summed E-state index contributed by atoms with van der Waals surface area (Å²) in [5.41, 5.74) is 0. The van der Waals surface area contributed by atoms with Crippen molar-refractivity contribution in [1.82, 2.24) is 5.32 Å². The summed E-state index contributed by atoms with van der Waals surface area (Å²) in [7, 11) is 0. The smallest absolute Gasteiger partial charge is 0.305 e. The van der Waals surface area contributed by atoms with E-state index in [0.29, 0.717) is 19.4 Å². The molecule has 2 unspecified atom stereocenters. The number of aliphatic hydroxyl groups is 2. The molecule has 0 heterocycles. The van der Waals surface area contributed by atoms with E-state index >= 15 is 0 Å². The van der Waals surface area contributed by atoms with Gasteiger partial charge in [-0.05, 0) is 64.2 Å². The summed E-state index contributed by atoms with van der Waals surface area (Å²) in [6.07, 6.45) is 83.6. The minimum atomic E-state index is -0.842. The third kappa shape index (κ3) is 61.3. The maximum atomic E-state index is 12.5. The van der Waals surface area contributed by atoms with Crippen molar-refractivity contribution in [2.75, 3.05) is 13.2 Å². The van der Waals surface area contributed by atoms with Gasteiger partial charge in [0.15, 0.2) is 0 Å². The second-order valence-electron chi connectivity index (χ2n) is 23.5. The molecule has 0 saturated carbocycles. The zero-order valence-corrected chi connectivity index (χ0v) is 51.3. The SMILES string of the molecule is CCCCC/C=C\C/C=C\CCCCCCCC(=O)OCCCCCCCCCCCCCCCCCCCCCCCCCCCCCCCC(=O)NC(CO)C(O)/C=C/CCCCCCCCCCCCCCC. The van der Waals surface area contributed by atoms with Gasteiger partial charge in [-0.15, -0.1) is 0 Å². The van der Waals surface area contributed by atoms with E-state index in [-0.39, 0.29) is 18.5 Å². The van der Waals surface area contributed by atoms with Crippen molar-refractivity contribution in [1.29, 1.82) is 0 Å². The predicted octanol–water partition coefficient (Wildman–Crippen LogP) is 21.9. The van der Waals surface area contributed by atoms with Gasteiger partial charge in [-0.3, -0.25) is 9.59 Å². The molecular weight excluding hydrogens is 935 g/mol. The van der Waals surface area contributed by atoms with Gasteiger partial charge in [0.1, 0.15) is 0 Å². The molecule has 0 saturated heterocycles. The number of allylic oxidation sites excluding steroid dienone is 5. The summed E-state index contributed by atoms with van der Waals surface area (Å²) in [5, 5.41) is 23.2. The molecule has 448 valence electrons. The number of rotatable bonds is 64. The van der Waals surface area contributed by atoms with E-state index in [0.717, 1.165) is 51.4 Å². The van der Waals surface area contributed by atoms with Gasteiger partial charge < -0.3 is 20.3 Å². The first-order valence-electron chi connectivity index (χ1n) is 34.3. The molecule has 0 aliphatic rings. The highest BCUT2D eigenvalue weighted by atomic mass is 16.5. The maximum absolute atomic E-state index is 12.5. The maximum Gasteiger partial charge on any atom is 0.305 e. The molecule has 1 amide bonds. The van der Waals surface area contributed by atoms with Gasteiger partial charge in [-0.2, -0.15) is 0 Å². The van der Waals surface area contributed by atoms with Gasteiger partial charge in [0.2, 0.25) is 5.91 Å². The number of nitrogens with one attached hydrogen (secondary N) is 1. The van der Waals surface area contributed by atoms with Crippen LogP contribution in [0.1, 0.15) is 373 Å². The molecule has 0 fully saturated rings. The molecule has 2 atom stereocenters. The molecule has 0 aromatic rings. The standard InChI is InChI=1S/C70H133NO5/c1-3-5-7-9-11-13-15-17-34-38-42-46-50-54-58-62-68(73)67(66-72)71-69(74)63-59-55-51-47-43-39-36-32-30-28-26-24-22-20-19-21-23-25-27-29-31-33-37-41-45-49-53-57-61-65-76-70(75)64-60-56-52-48-44-40-35-18-16-14-12-10-8-6-4-2/h12,14,18,35,58,62,67-68,72-73H,3-11,13,15-17,19-34,36-57,59-61,63-66H2,1-2H3,(H,71,74)/b14-12-,35-18-,62-58+. The summed E-state index contributed by atoms with van der Waals surface area (Å²) in [4.78, 5) is 24.5. The number of hydrogen-bond donors (Lipinski definition) is 3. The van der Waals surface area contributed by atoms with E-state index in [2.05, 4.69) is 43.5 Å². The normalized spacial score (nSPS) is 12.7. The monoisotopic (exact) mass is 1070 g/mol. The van der Waals surface area contributed by atoms with E-state index in [1.165, 1.54) is 295 Å². The van der Waals surface area contributed by atoms with Gasteiger partial charge in [0.05, 0.1) is 25.4 Å². The summed E-state index contributed by atoms with van der Waals surface area (Å²) in [6, 6.07) is -0.625. The van der Waals surface area contributed by atoms with Crippen molar-refractivity contribution in [3.8, 4) is 0 Å². The molecule has 3 N–H and O–H groups in total. The van der Waals surface area contributed by atoms with Gasteiger partial charge in [-0.25, -0.2) is 0 Å². The molecule has 0 aliphatic carbocycles. The number of carbonyl (C=O) groups is 2. The lowest BCUT2D eigenvalue weighted by Gasteiger charge is -2.20. The Morgan fingerprint density at radius 1 is 0.368 bits per heavy atom. The van der Waals surface area contributed by atoms with E-state index in [4.69, 9.17) is 4.74 Å². The fourth-order valence-electron chi connectivity index (χ4n) is 10.7. The van der Waals surface area contributed by atoms with Crippen molar-refractivity contribution in [3.05, 3.63) is 36.5 Å². The number of amides is 1. The number of esters is 1. The van der Waals surface area contributed by atoms with Crippen molar-refractivity contribution >= 4 is 11.9 Å². The van der Waals surface area contributed by atoms with Gasteiger partial charge in [-0.1, -0.05) is 333 Å². The lowest BCUT2D eigenvalue weighted by Crippen LogP contribution is -2.45. The van der Waals surface area contributed by atoms with Crippen LogP contribution in [0.2, 0.25) is 0 Å². The van der Waals surface area contributed by atoms with Gasteiger partial charge in [0.25, 0.3) is 0 Å². The van der Waals surface area contributed by atoms with Crippen LogP contribution in [0.4, 0.5) is 0 Å². The first kappa shape index (κ1) is 74.1. The summed E-state index contributed by atoms with van der Waals surface area (Å²) < 4.78 is 5.49. The number of aliphatic hydroxyl groups excluding tert-OH is 2. The molecular formula is C70H133NO5. The van der Waals surface area contributed by atoms with E-state index in [1.807, 2.05) is 6.08 Å². The Morgan fingerprint density at radius 2 is 0.658 bits per heavy atom. The Morgan fingerprint density at radius 3 is 1.03 bits per heavy atom. The van der Waals surface area contributed by atoms with Crippen LogP contribution in [0.3, 0.4) is 0 Å². The van der Waals surface area contributed by atoms with Crippen molar-refractivity contribution < 1.29 is 24.5 Å². The third-order valence-corrected chi connectivity index (χ3v) is 15.9. The Balaban J connectivity index is 3.35. The van der Waals surface area contributed by atoms with Gasteiger partial charge >= 0.3 is 5.97 Å². The molecule has 0 rings (SSSR count). The van der Waals surface area contributed by atoms with E-state index < -0.39 is 12.1 Å². The first-order valence-corrected chi connectivity index (χ1v) is 34.3. The fourth-order valence-corrected chi connectivity index (χ4v) is 10.7. The van der Waals surface area contributed by atoms with Crippen LogP contribution >= 0.6 is 0 Å². The molecule has 0 aromatic carbocycles. The summed E-state index contributed by atoms with van der Waals surface area (Å²) in [5.74, 6) is -0.0573. The molecule has 0 aliphatic heterocycles. The van der Waals surface area contributed by atoms with Crippen molar-refractivity contribution in [2.24, 2.45) is 0 Å². The summed E-state index contributed by atoms with van der Waals surface area (Å²) >= 11 is 0. The van der Waals surface area contributed by atoms with Crippen LogP contribution in [-0.4, -0.2) is 47.4 Å². The number of carbonyl (C=O) groups excluding carboxylic acids is 2. The highest BCUT2D eigenvalue weighted by Gasteiger charge is 2.18. The first-order chi connectivity index (χ1) is 37.5. The Bertz CT molecular complexity index is 1230. The molecule has 6 heteroatoms. The van der Waals surface area contributed by atoms with E-state index in [9.17, 15) is 19.8 Å². The average Bonchev–Trinajstić information content (AvgIpc) is 3.42. The van der Waals surface area contributed by atoms with Crippen molar-refractivity contribution in [3.63, 3.8) is 0 Å². The third-order valence-electron chi connectivity index (χ3n) is 15.9. The molecule has 76 heavy (non-hydrogen) atoms. The van der Waals surface area contributed by atoms with Crippen LogP contribution < -0.4 is 5.32 Å². The van der Waals surface area contributed by atoms with Crippen LogP contribution in [-0.2, 0) is 14.3 Å². The molecule has 6 nitrogen and oxygen atoms in total. The minimum absolute atomic E-state index is 0.00531. The Hall–Kier alpha value is -1.92. The topological polar surface area (TPSA) is 95.9 Å². The fraction of sp³-hybridized carbons (Fsp3) is 0.886. The van der Waals surface area contributed by atoms with Crippen LogP contribution in [0.15, 0.2) is 36.5 Å². The largest absolute Gasteiger partial charge is 0.466 e. The summed E-state index contributed by atoms with van der Waals surface area (Å²) in [6.45, 7) is 4.90. The zero-order valence-electron chi connectivity index (χ0n) is 51.3. The average molecular weight is 1070 g/mol. The van der Waals surface area contributed by atoms with Crippen LogP contribution in [0, 0.1) is 0 Å².